The van der Waals surface area contributed by atoms with Gasteiger partial charge in [0.2, 0.25) is 0 Å². The Balaban J connectivity index is 2.72. The number of Topliss-reactive ketones (excluding diaryl/α,β-unsaturated/α-hetero) is 1. The third-order valence-corrected chi connectivity index (χ3v) is 5.93. The quantitative estimate of drug-likeness (QED) is 0.199. The summed E-state index contributed by atoms with van der Waals surface area (Å²) in [6.45, 7) is 6.65. The minimum Gasteiger partial charge on any atom is -0.506 e. The van der Waals surface area contributed by atoms with Crippen molar-refractivity contribution >= 4 is 28.9 Å². The Kier molecular flexibility index (Phi) is 9.06. The number of rotatable bonds is 10. The standard InChI is InChI=1S/C27H32O8/c1-6-15(2)9-7-8-10-21(30)20-14-19-17(12-18(29)11-16(3)28)13-22(31)27(4,34)24(19)23(25(20)32)26(33)35-5/h7-10,13-16,28,32,34H,6,11-12H2,1-5H3/b9-7+,10-8+/t15-,16+,27-/m1/s1. The van der Waals surface area contributed by atoms with E-state index >= 15 is 0 Å². The van der Waals surface area contributed by atoms with Crippen LogP contribution in [0.15, 0.2) is 36.4 Å². The van der Waals surface area contributed by atoms with Gasteiger partial charge in [0, 0.05) is 18.4 Å². The van der Waals surface area contributed by atoms with Crippen LogP contribution in [0.3, 0.4) is 0 Å². The zero-order chi connectivity index (χ0) is 26.5. The number of aliphatic hydroxyl groups is 2. The molecule has 0 saturated heterocycles. The summed E-state index contributed by atoms with van der Waals surface area (Å²) in [4.78, 5) is 50.7. The van der Waals surface area contributed by atoms with Gasteiger partial charge >= 0.3 is 5.97 Å². The molecule has 0 amide bonds. The normalized spacial score (nSPS) is 19.4. The van der Waals surface area contributed by atoms with Gasteiger partial charge in [-0.2, -0.15) is 0 Å². The number of benzene rings is 1. The minimum atomic E-state index is -2.22. The molecule has 1 aliphatic rings. The summed E-state index contributed by atoms with van der Waals surface area (Å²) in [6, 6.07) is 1.25. The number of esters is 1. The Labute approximate surface area is 204 Å². The molecule has 0 bridgehead atoms. The summed E-state index contributed by atoms with van der Waals surface area (Å²) in [5.41, 5.74) is -2.99. The van der Waals surface area contributed by atoms with E-state index in [-0.39, 0.29) is 40.9 Å². The highest BCUT2D eigenvalue weighted by atomic mass is 16.5. The van der Waals surface area contributed by atoms with Gasteiger partial charge in [-0.1, -0.05) is 38.5 Å². The molecule has 1 aromatic carbocycles. The summed E-state index contributed by atoms with van der Waals surface area (Å²) < 4.78 is 4.77. The molecule has 0 radical (unpaired) electrons. The molecule has 8 heteroatoms. The van der Waals surface area contributed by atoms with E-state index in [1.165, 1.54) is 25.1 Å². The molecular formula is C27H32O8. The predicted molar refractivity (Wildman–Crippen MR) is 130 cm³/mol. The van der Waals surface area contributed by atoms with Crippen molar-refractivity contribution in [1.29, 1.82) is 0 Å². The molecule has 0 unspecified atom stereocenters. The number of aromatic hydroxyl groups is 1. The van der Waals surface area contributed by atoms with Gasteiger partial charge in [0.25, 0.3) is 0 Å². The summed E-state index contributed by atoms with van der Waals surface area (Å²) >= 11 is 0. The summed E-state index contributed by atoms with van der Waals surface area (Å²) in [6.07, 6.45) is 6.99. The number of ketones is 3. The van der Waals surface area contributed by atoms with Crippen LogP contribution in [0.5, 0.6) is 5.75 Å². The number of carbonyl (C=O) groups excluding carboxylic acids is 4. The molecule has 8 nitrogen and oxygen atoms in total. The topological polar surface area (TPSA) is 138 Å². The van der Waals surface area contributed by atoms with Crippen LogP contribution in [0.4, 0.5) is 0 Å². The van der Waals surface area contributed by atoms with Crippen LogP contribution in [0.25, 0.3) is 5.57 Å². The predicted octanol–water partition coefficient (Wildman–Crippen LogP) is 3.42. The Morgan fingerprint density at radius 1 is 1.20 bits per heavy atom. The van der Waals surface area contributed by atoms with E-state index in [0.717, 1.165) is 26.5 Å². The van der Waals surface area contributed by atoms with Crippen LogP contribution < -0.4 is 0 Å². The first kappa shape index (κ1) is 27.9. The first-order chi connectivity index (χ1) is 16.3. The monoisotopic (exact) mass is 484 g/mol. The Morgan fingerprint density at radius 3 is 2.43 bits per heavy atom. The van der Waals surface area contributed by atoms with Crippen molar-refractivity contribution < 1.29 is 39.2 Å². The second-order valence-corrected chi connectivity index (χ2v) is 8.93. The second-order valence-electron chi connectivity index (χ2n) is 8.93. The van der Waals surface area contributed by atoms with Crippen molar-refractivity contribution in [3.05, 3.63) is 58.7 Å². The first-order valence-electron chi connectivity index (χ1n) is 11.4. The van der Waals surface area contributed by atoms with Crippen molar-refractivity contribution in [1.82, 2.24) is 0 Å². The van der Waals surface area contributed by atoms with Crippen LogP contribution in [-0.2, 0) is 19.9 Å². The lowest BCUT2D eigenvalue weighted by atomic mass is 9.74. The number of phenolic OH excluding ortho intramolecular Hbond substituents is 1. The van der Waals surface area contributed by atoms with Gasteiger partial charge in [-0.25, -0.2) is 4.79 Å². The highest BCUT2D eigenvalue weighted by Gasteiger charge is 2.43. The molecule has 0 fully saturated rings. The summed E-state index contributed by atoms with van der Waals surface area (Å²) in [5, 5.41) is 31.4. The molecule has 188 valence electrons. The van der Waals surface area contributed by atoms with Gasteiger partial charge in [0.05, 0.1) is 18.8 Å². The van der Waals surface area contributed by atoms with Gasteiger partial charge in [-0.3, -0.25) is 14.4 Å². The van der Waals surface area contributed by atoms with Crippen molar-refractivity contribution in [3.63, 3.8) is 0 Å². The number of phenols is 1. The van der Waals surface area contributed by atoms with E-state index in [2.05, 4.69) is 0 Å². The van der Waals surface area contributed by atoms with Gasteiger partial charge in [-0.05, 0) is 49.1 Å². The molecule has 1 aromatic rings. The highest BCUT2D eigenvalue weighted by Crippen LogP contribution is 2.44. The molecule has 2 rings (SSSR count). The lowest BCUT2D eigenvalue weighted by Gasteiger charge is -2.32. The number of methoxy groups -OCH3 is 1. The van der Waals surface area contributed by atoms with E-state index < -0.39 is 40.6 Å². The fourth-order valence-corrected chi connectivity index (χ4v) is 3.80. The molecule has 1 aliphatic carbocycles. The highest BCUT2D eigenvalue weighted by molar-refractivity contribution is 6.15. The zero-order valence-electron chi connectivity index (χ0n) is 20.6. The summed E-state index contributed by atoms with van der Waals surface area (Å²) in [5.74, 6) is -3.30. The third-order valence-electron chi connectivity index (χ3n) is 5.93. The van der Waals surface area contributed by atoms with Crippen molar-refractivity contribution in [3.8, 4) is 5.75 Å². The number of ether oxygens (including phenoxy) is 1. The van der Waals surface area contributed by atoms with Crippen molar-refractivity contribution in [2.45, 2.75) is 58.7 Å². The average Bonchev–Trinajstić information content (AvgIpc) is 2.78. The van der Waals surface area contributed by atoms with E-state index in [9.17, 15) is 34.5 Å². The number of hydrogen-bond acceptors (Lipinski definition) is 8. The number of carbonyl (C=O) groups is 4. The van der Waals surface area contributed by atoms with E-state index in [4.69, 9.17) is 4.74 Å². The maximum atomic E-state index is 12.9. The number of hydrogen-bond donors (Lipinski definition) is 3. The lowest BCUT2D eigenvalue weighted by Crippen LogP contribution is -2.37. The average molecular weight is 485 g/mol. The molecule has 0 spiro atoms. The van der Waals surface area contributed by atoms with Gasteiger partial charge in [-0.15, -0.1) is 0 Å². The number of aliphatic hydroxyl groups excluding tert-OH is 1. The number of fused-ring (bicyclic) bond motifs is 1. The van der Waals surface area contributed by atoms with Crippen LogP contribution in [-0.4, -0.2) is 51.9 Å². The van der Waals surface area contributed by atoms with Crippen LogP contribution in [0.2, 0.25) is 0 Å². The SMILES string of the molecule is CC[C@@H](C)/C=C/C=C/C(=O)c1cc2c(c(C(=O)OC)c1O)[C@](C)(O)C(=O)C=C2CC(=O)C[C@H](C)O. The molecular weight excluding hydrogens is 452 g/mol. The fraction of sp³-hybridized carbons (Fsp3) is 0.407. The maximum Gasteiger partial charge on any atom is 0.342 e. The van der Waals surface area contributed by atoms with Gasteiger partial charge in [0.15, 0.2) is 17.2 Å². The summed E-state index contributed by atoms with van der Waals surface area (Å²) in [7, 11) is 1.06. The zero-order valence-corrected chi connectivity index (χ0v) is 20.6. The van der Waals surface area contributed by atoms with Crippen LogP contribution >= 0.6 is 0 Å². The minimum absolute atomic E-state index is 0.0960. The maximum absolute atomic E-state index is 12.9. The van der Waals surface area contributed by atoms with Crippen molar-refractivity contribution in [2.24, 2.45) is 5.92 Å². The Hall–Kier alpha value is -3.36. The Bertz CT molecular complexity index is 1120. The van der Waals surface area contributed by atoms with Crippen molar-refractivity contribution in [2.75, 3.05) is 7.11 Å². The van der Waals surface area contributed by atoms with Crippen LogP contribution in [0, 0.1) is 5.92 Å². The molecule has 0 heterocycles. The smallest absolute Gasteiger partial charge is 0.342 e. The van der Waals surface area contributed by atoms with Gasteiger partial charge in [0.1, 0.15) is 17.1 Å². The van der Waals surface area contributed by atoms with E-state index in [0.29, 0.717) is 5.92 Å². The molecule has 0 saturated carbocycles. The molecule has 0 aliphatic heterocycles. The second kappa shape index (κ2) is 11.4. The van der Waals surface area contributed by atoms with E-state index in [1.54, 1.807) is 6.08 Å². The first-order valence-corrected chi connectivity index (χ1v) is 11.4. The lowest BCUT2D eigenvalue weighted by molar-refractivity contribution is -0.131. The Morgan fingerprint density at radius 2 is 1.86 bits per heavy atom. The largest absolute Gasteiger partial charge is 0.506 e. The van der Waals surface area contributed by atoms with Crippen LogP contribution in [0.1, 0.15) is 78.8 Å². The fourth-order valence-electron chi connectivity index (χ4n) is 3.80. The molecule has 3 N–H and O–H groups in total. The molecule has 3 atom stereocenters. The van der Waals surface area contributed by atoms with E-state index in [1.807, 2.05) is 19.9 Å². The molecule has 35 heavy (non-hydrogen) atoms. The molecule has 0 aromatic heterocycles. The van der Waals surface area contributed by atoms with Gasteiger partial charge < -0.3 is 20.1 Å². The number of allylic oxidation sites excluding steroid dienone is 5. The third kappa shape index (κ3) is 6.21.